The highest BCUT2D eigenvalue weighted by molar-refractivity contribution is 5.41. The van der Waals surface area contributed by atoms with Crippen LogP contribution in [-0.4, -0.2) is 47.1 Å². The van der Waals surface area contributed by atoms with Crippen LogP contribution < -0.4 is 16.1 Å². The Bertz CT molecular complexity index is 327. The number of hydrazine groups is 1. The first kappa shape index (κ1) is 14.4. The van der Waals surface area contributed by atoms with Crippen molar-refractivity contribution in [1.82, 2.24) is 20.0 Å². The van der Waals surface area contributed by atoms with Gasteiger partial charge in [0.05, 0.1) is 0 Å². The SMILES string of the molecule is CCCNc1nc(NCCC)nc(NN(C)C)n1. The van der Waals surface area contributed by atoms with Gasteiger partial charge in [-0.2, -0.15) is 15.0 Å². The Morgan fingerprint density at radius 3 is 1.67 bits per heavy atom. The first-order valence-corrected chi connectivity index (χ1v) is 6.33. The largest absolute Gasteiger partial charge is 0.354 e. The molecule has 0 aliphatic heterocycles. The van der Waals surface area contributed by atoms with Gasteiger partial charge in [-0.15, -0.1) is 0 Å². The molecule has 102 valence electrons. The number of nitrogens with one attached hydrogen (secondary N) is 3. The summed E-state index contributed by atoms with van der Waals surface area (Å²) in [6, 6.07) is 0. The summed E-state index contributed by atoms with van der Waals surface area (Å²) in [5.41, 5.74) is 3.03. The maximum absolute atomic E-state index is 4.31. The van der Waals surface area contributed by atoms with Crippen molar-refractivity contribution in [1.29, 1.82) is 0 Å². The summed E-state index contributed by atoms with van der Waals surface area (Å²) in [5.74, 6) is 1.72. The molecule has 1 aromatic rings. The highest BCUT2D eigenvalue weighted by Crippen LogP contribution is 2.09. The molecule has 0 radical (unpaired) electrons. The predicted octanol–water partition coefficient (Wildman–Crippen LogP) is 1.40. The molecule has 0 saturated heterocycles. The molecule has 0 aliphatic rings. The van der Waals surface area contributed by atoms with E-state index in [9.17, 15) is 0 Å². The minimum Gasteiger partial charge on any atom is -0.354 e. The molecule has 0 aliphatic carbocycles. The van der Waals surface area contributed by atoms with Gasteiger partial charge in [-0.05, 0) is 12.8 Å². The van der Waals surface area contributed by atoms with Crippen molar-refractivity contribution in [3.05, 3.63) is 0 Å². The van der Waals surface area contributed by atoms with Gasteiger partial charge in [0, 0.05) is 27.2 Å². The first-order valence-electron chi connectivity index (χ1n) is 6.33. The van der Waals surface area contributed by atoms with E-state index in [0.717, 1.165) is 25.9 Å². The molecule has 0 saturated carbocycles. The van der Waals surface area contributed by atoms with Gasteiger partial charge < -0.3 is 10.6 Å². The van der Waals surface area contributed by atoms with Gasteiger partial charge in [-0.1, -0.05) is 13.8 Å². The lowest BCUT2D eigenvalue weighted by molar-refractivity contribution is 0.488. The van der Waals surface area contributed by atoms with Crippen molar-refractivity contribution in [3.8, 4) is 0 Å². The van der Waals surface area contributed by atoms with E-state index in [1.165, 1.54) is 0 Å². The molecular weight excluding hydrogens is 230 g/mol. The van der Waals surface area contributed by atoms with Gasteiger partial charge in [-0.25, -0.2) is 5.01 Å². The Kier molecular flexibility index (Phi) is 6.13. The van der Waals surface area contributed by atoms with Gasteiger partial charge in [0.15, 0.2) is 0 Å². The number of aromatic nitrogens is 3. The molecule has 0 unspecified atom stereocenters. The molecule has 0 fully saturated rings. The minimum absolute atomic E-state index is 0.534. The van der Waals surface area contributed by atoms with E-state index in [4.69, 9.17) is 0 Å². The number of hydrogen-bond acceptors (Lipinski definition) is 7. The zero-order valence-corrected chi connectivity index (χ0v) is 11.6. The molecule has 7 nitrogen and oxygen atoms in total. The molecular formula is C11H23N7. The van der Waals surface area contributed by atoms with Crippen molar-refractivity contribution in [2.45, 2.75) is 26.7 Å². The lowest BCUT2D eigenvalue weighted by Gasteiger charge is -2.14. The van der Waals surface area contributed by atoms with E-state index in [2.05, 4.69) is 44.9 Å². The van der Waals surface area contributed by atoms with Crippen molar-refractivity contribution >= 4 is 17.8 Å². The van der Waals surface area contributed by atoms with Crippen LogP contribution in [0, 0.1) is 0 Å². The molecule has 1 aromatic heterocycles. The molecule has 1 heterocycles. The van der Waals surface area contributed by atoms with Crippen molar-refractivity contribution in [2.24, 2.45) is 0 Å². The minimum atomic E-state index is 0.534. The van der Waals surface area contributed by atoms with E-state index in [0.29, 0.717) is 17.8 Å². The number of nitrogens with zero attached hydrogens (tertiary/aromatic N) is 4. The Labute approximate surface area is 108 Å². The quantitative estimate of drug-likeness (QED) is 0.604. The standard InChI is InChI=1S/C11H23N7/c1-5-7-12-9-14-10(13-8-6-2)16-11(15-9)17-18(3)4/h5-8H2,1-4H3,(H3,12,13,14,15,16,17). The second-order valence-corrected chi connectivity index (χ2v) is 4.17. The van der Waals surface area contributed by atoms with Crippen LogP contribution in [0.1, 0.15) is 26.7 Å². The van der Waals surface area contributed by atoms with Crippen LogP contribution in [-0.2, 0) is 0 Å². The third-order valence-corrected chi connectivity index (χ3v) is 2.03. The summed E-state index contributed by atoms with van der Waals surface area (Å²) in [6.07, 6.45) is 2.06. The average molecular weight is 253 g/mol. The second-order valence-electron chi connectivity index (χ2n) is 4.17. The normalized spacial score (nSPS) is 10.5. The molecule has 18 heavy (non-hydrogen) atoms. The molecule has 1 rings (SSSR count). The molecule has 7 heteroatoms. The lowest BCUT2D eigenvalue weighted by atomic mass is 10.5. The molecule has 3 N–H and O–H groups in total. The summed E-state index contributed by atoms with van der Waals surface area (Å²) >= 11 is 0. The van der Waals surface area contributed by atoms with E-state index in [1.807, 2.05) is 14.1 Å². The predicted molar refractivity (Wildman–Crippen MR) is 74.7 cm³/mol. The summed E-state index contributed by atoms with van der Waals surface area (Å²) < 4.78 is 0. The topological polar surface area (TPSA) is 78.0 Å². The Morgan fingerprint density at radius 1 is 0.833 bits per heavy atom. The molecule has 0 bridgehead atoms. The molecule has 0 atom stereocenters. The summed E-state index contributed by atoms with van der Waals surface area (Å²) in [6.45, 7) is 5.89. The van der Waals surface area contributed by atoms with Crippen LogP contribution in [0.4, 0.5) is 17.8 Å². The van der Waals surface area contributed by atoms with Gasteiger partial charge >= 0.3 is 0 Å². The fourth-order valence-corrected chi connectivity index (χ4v) is 1.26. The van der Waals surface area contributed by atoms with Crippen LogP contribution >= 0.6 is 0 Å². The second kappa shape index (κ2) is 7.65. The zero-order chi connectivity index (χ0) is 13.4. The summed E-state index contributed by atoms with van der Waals surface area (Å²) in [7, 11) is 3.78. The smallest absolute Gasteiger partial charge is 0.244 e. The highest BCUT2D eigenvalue weighted by atomic mass is 15.5. The maximum atomic E-state index is 4.31. The maximum Gasteiger partial charge on any atom is 0.244 e. The van der Waals surface area contributed by atoms with E-state index in [-0.39, 0.29) is 0 Å². The van der Waals surface area contributed by atoms with Crippen LogP contribution in [0.3, 0.4) is 0 Å². The lowest BCUT2D eigenvalue weighted by Crippen LogP contribution is -2.22. The first-order chi connectivity index (χ1) is 8.65. The highest BCUT2D eigenvalue weighted by Gasteiger charge is 2.06. The number of hydrogen-bond donors (Lipinski definition) is 3. The molecule has 0 amide bonds. The van der Waals surface area contributed by atoms with Crippen molar-refractivity contribution in [2.75, 3.05) is 43.2 Å². The summed E-state index contributed by atoms with van der Waals surface area (Å²) in [5, 5.41) is 8.12. The van der Waals surface area contributed by atoms with Crippen LogP contribution in [0.5, 0.6) is 0 Å². The monoisotopic (exact) mass is 253 g/mol. The number of rotatable bonds is 8. The third kappa shape index (κ3) is 5.13. The van der Waals surface area contributed by atoms with Crippen LogP contribution in [0.2, 0.25) is 0 Å². The van der Waals surface area contributed by atoms with E-state index in [1.54, 1.807) is 5.01 Å². The van der Waals surface area contributed by atoms with Gasteiger partial charge in [-0.3, -0.25) is 5.43 Å². The summed E-state index contributed by atoms with van der Waals surface area (Å²) in [4.78, 5) is 12.9. The average Bonchev–Trinajstić information content (AvgIpc) is 2.33. The van der Waals surface area contributed by atoms with Crippen LogP contribution in [0.25, 0.3) is 0 Å². The fraction of sp³-hybridized carbons (Fsp3) is 0.727. The molecule has 0 aromatic carbocycles. The molecule has 0 spiro atoms. The van der Waals surface area contributed by atoms with Gasteiger partial charge in [0.25, 0.3) is 0 Å². The Morgan fingerprint density at radius 2 is 1.28 bits per heavy atom. The van der Waals surface area contributed by atoms with E-state index >= 15 is 0 Å². The zero-order valence-electron chi connectivity index (χ0n) is 11.6. The van der Waals surface area contributed by atoms with E-state index < -0.39 is 0 Å². The van der Waals surface area contributed by atoms with Gasteiger partial charge in [0.1, 0.15) is 0 Å². The van der Waals surface area contributed by atoms with Crippen LogP contribution in [0.15, 0.2) is 0 Å². The Balaban J connectivity index is 2.81. The Hall–Kier alpha value is -1.63. The van der Waals surface area contributed by atoms with Gasteiger partial charge in [0.2, 0.25) is 17.8 Å². The van der Waals surface area contributed by atoms with Crippen molar-refractivity contribution < 1.29 is 0 Å². The number of anilines is 3. The fourth-order valence-electron chi connectivity index (χ4n) is 1.26. The van der Waals surface area contributed by atoms with Crippen molar-refractivity contribution in [3.63, 3.8) is 0 Å². The third-order valence-electron chi connectivity index (χ3n) is 2.03.